The third kappa shape index (κ3) is 4.83. The molecule has 3 rings (SSSR count). The summed E-state index contributed by atoms with van der Waals surface area (Å²) in [5, 5.41) is 0. The normalized spacial score (nSPS) is 25.9. The summed E-state index contributed by atoms with van der Waals surface area (Å²) in [5.74, 6) is 0.933. The Morgan fingerprint density at radius 2 is 1.50 bits per heavy atom. The van der Waals surface area contributed by atoms with E-state index in [4.69, 9.17) is 0 Å². The van der Waals surface area contributed by atoms with Crippen molar-refractivity contribution in [2.24, 2.45) is 5.92 Å². The standard InChI is InChI=1S/C16H18NO2.3C4H9.Sn/c1-11-13-8-5-9-14(18)15(13)17(16(11)19)10-12-6-3-2-4-7-12;3*1-3-4-2;/h2-4,6-7,13,15H,5,8-10H2,1H3;3*1,3-4H2,2H3;/t13-,15+;;;;/m0..../s1. The summed E-state index contributed by atoms with van der Waals surface area (Å²) in [6.45, 7) is 9.85. The maximum absolute atomic E-state index is 14.5. The molecule has 1 aromatic carbocycles. The summed E-state index contributed by atoms with van der Waals surface area (Å²) in [7, 11) is 0. The molecule has 3 nitrogen and oxygen atoms in total. The van der Waals surface area contributed by atoms with Crippen LogP contribution in [0.25, 0.3) is 0 Å². The predicted molar refractivity (Wildman–Crippen MR) is 136 cm³/mol. The number of fused-ring (bicyclic) bond motifs is 1. The van der Waals surface area contributed by atoms with Crippen molar-refractivity contribution in [1.29, 1.82) is 0 Å². The van der Waals surface area contributed by atoms with Crippen molar-refractivity contribution in [1.82, 2.24) is 4.90 Å². The number of hydrogen-bond donors (Lipinski definition) is 0. The van der Waals surface area contributed by atoms with Crippen molar-refractivity contribution in [3.63, 3.8) is 0 Å². The van der Waals surface area contributed by atoms with Gasteiger partial charge in [-0.3, -0.25) is 0 Å². The zero-order valence-electron chi connectivity index (χ0n) is 21.0. The Bertz CT molecular complexity index is 742. The van der Waals surface area contributed by atoms with Gasteiger partial charge >= 0.3 is 201 Å². The van der Waals surface area contributed by atoms with Crippen LogP contribution >= 0.6 is 0 Å². The molecule has 1 saturated carbocycles. The molecule has 0 N–H and O–H groups in total. The molecule has 0 spiro atoms. The molecule has 1 aliphatic carbocycles. The van der Waals surface area contributed by atoms with Crippen LogP contribution in [-0.4, -0.2) is 41.0 Å². The van der Waals surface area contributed by atoms with Gasteiger partial charge in [0.05, 0.1) is 0 Å². The number of hydrogen-bond acceptors (Lipinski definition) is 2. The maximum atomic E-state index is 14.5. The van der Waals surface area contributed by atoms with E-state index >= 15 is 0 Å². The molecular weight excluding hydrogens is 501 g/mol. The van der Waals surface area contributed by atoms with Crippen molar-refractivity contribution in [3.8, 4) is 0 Å². The molecule has 32 heavy (non-hydrogen) atoms. The van der Waals surface area contributed by atoms with Crippen LogP contribution in [0.3, 0.4) is 0 Å². The van der Waals surface area contributed by atoms with E-state index in [0.29, 0.717) is 24.7 Å². The van der Waals surface area contributed by atoms with Gasteiger partial charge in [-0.2, -0.15) is 0 Å². The molecule has 1 amide bonds. The minimum absolute atomic E-state index is 0.178. The van der Waals surface area contributed by atoms with Gasteiger partial charge in [-0.25, -0.2) is 0 Å². The Kier molecular flexibility index (Phi) is 9.29. The van der Waals surface area contributed by atoms with E-state index in [2.05, 4.69) is 44.7 Å². The van der Waals surface area contributed by atoms with Gasteiger partial charge < -0.3 is 0 Å². The second kappa shape index (κ2) is 11.5. The number of rotatable bonds is 12. The fourth-order valence-corrected chi connectivity index (χ4v) is 27.1. The van der Waals surface area contributed by atoms with Crippen molar-refractivity contribution in [2.75, 3.05) is 0 Å². The zero-order valence-corrected chi connectivity index (χ0v) is 23.9. The van der Waals surface area contributed by atoms with Crippen molar-refractivity contribution in [3.05, 3.63) is 35.9 Å². The molecule has 4 heteroatoms. The fourth-order valence-electron chi connectivity index (χ4n) is 6.87. The molecule has 0 radical (unpaired) electrons. The van der Waals surface area contributed by atoms with Crippen molar-refractivity contribution >= 4 is 30.1 Å². The van der Waals surface area contributed by atoms with E-state index in [-0.39, 0.29) is 15.4 Å². The molecule has 178 valence electrons. The van der Waals surface area contributed by atoms with Gasteiger partial charge in [-0.05, 0) is 0 Å². The second-order valence-corrected chi connectivity index (χ2v) is 25.2. The molecule has 2 fully saturated rings. The van der Waals surface area contributed by atoms with Gasteiger partial charge in [0, 0.05) is 0 Å². The van der Waals surface area contributed by atoms with Crippen LogP contribution in [0.1, 0.15) is 91.0 Å². The van der Waals surface area contributed by atoms with Gasteiger partial charge in [-0.1, -0.05) is 0 Å². The first-order chi connectivity index (χ1) is 15.4. The molecule has 0 bridgehead atoms. The Balaban J connectivity index is 2.08. The summed E-state index contributed by atoms with van der Waals surface area (Å²) >= 11 is -2.95. The molecule has 1 aromatic rings. The summed E-state index contributed by atoms with van der Waals surface area (Å²) in [4.78, 5) is 29.9. The quantitative estimate of drug-likeness (QED) is 0.257. The number of carbonyl (C=O) groups is 2. The molecule has 1 saturated heterocycles. The first-order valence-electron chi connectivity index (χ1n) is 13.3. The van der Waals surface area contributed by atoms with E-state index in [1.807, 2.05) is 18.2 Å². The van der Waals surface area contributed by atoms with Crippen LogP contribution in [0.4, 0.5) is 0 Å². The number of nitrogens with zero attached hydrogens (tertiary/aromatic N) is 1. The first-order valence-corrected chi connectivity index (χ1v) is 20.8. The van der Waals surface area contributed by atoms with Crippen molar-refractivity contribution in [2.45, 2.75) is 115 Å². The molecule has 1 aliphatic heterocycles. The van der Waals surface area contributed by atoms with Crippen molar-refractivity contribution < 1.29 is 9.59 Å². The topological polar surface area (TPSA) is 37.4 Å². The Hall–Kier alpha value is -0.841. The molecule has 0 unspecified atom stereocenters. The van der Waals surface area contributed by atoms with Gasteiger partial charge in [0.15, 0.2) is 0 Å². The Morgan fingerprint density at radius 3 is 2.03 bits per heavy atom. The van der Waals surface area contributed by atoms with Crippen LogP contribution in [0.2, 0.25) is 16.7 Å². The van der Waals surface area contributed by atoms with E-state index in [1.165, 1.54) is 51.8 Å². The van der Waals surface area contributed by atoms with Crippen LogP contribution in [0.5, 0.6) is 0 Å². The molecule has 2 aliphatic rings. The van der Waals surface area contributed by atoms with E-state index in [9.17, 15) is 9.59 Å². The Labute approximate surface area is 200 Å². The molecule has 0 aromatic heterocycles. The van der Waals surface area contributed by atoms with E-state index in [1.54, 1.807) is 0 Å². The van der Waals surface area contributed by atoms with Gasteiger partial charge in [0.1, 0.15) is 0 Å². The van der Waals surface area contributed by atoms with Crippen LogP contribution in [0, 0.1) is 5.92 Å². The number of benzene rings is 1. The zero-order chi connectivity index (χ0) is 23.2. The van der Waals surface area contributed by atoms with Gasteiger partial charge in [0.2, 0.25) is 0 Å². The average Bonchev–Trinajstić information content (AvgIpc) is 3.03. The molecule has 1 heterocycles. The molecular formula is C28H45NO2Sn. The summed E-state index contributed by atoms with van der Waals surface area (Å²) in [6, 6.07) is 10.1. The first kappa shape index (κ1) is 25.8. The second-order valence-electron chi connectivity index (χ2n) is 10.6. The fraction of sp³-hybridized carbons (Fsp3) is 0.714. The summed E-state index contributed by atoms with van der Waals surface area (Å²) < 4.78 is 3.74. The number of likely N-dealkylation sites (tertiary alicyclic amines) is 1. The van der Waals surface area contributed by atoms with Gasteiger partial charge in [-0.15, -0.1) is 0 Å². The number of carbonyl (C=O) groups excluding carboxylic acids is 2. The van der Waals surface area contributed by atoms with Crippen LogP contribution < -0.4 is 0 Å². The van der Waals surface area contributed by atoms with Crippen LogP contribution in [-0.2, 0) is 16.1 Å². The number of ketones is 1. The third-order valence-electron chi connectivity index (χ3n) is 8.76. The predicted octanol–water partition coefficient (Wildman–Crippen LogP) is 7.38. The third-order valence-corrected chi connectivity index (χ3v) is 27.9. The van der Waals surface area contributed by atoms with Gasteiger partial charge in [0.25, 0.3) is 0 Å². The SMILES string of the molecule is CCC[CH2][Sn]([CH2]CCC)([CH2]CCC)[C@@]1(C)C(=O)N(Cc2ccccc2)[C@H]2C(=O)CCC[C@H]21. The number of unbranched alkanes of at least 4 members (excludes halogenated alkanes) is 3. The monoisotopic (exact) mass is 547 g/mol. The number of Topliss-reactive ketones (excluding diaryl/α,β-unsaturated/α-hetero) is 1. The van der Waals surface area contributed by atoms with Crippen LogP contribution in [0.15, 0.2) is 30.3 Å². The number of amides is 1. The summed E-state index contributed by atoms with van der Waals surface area (Å²) in [5.41, 5.74) is 1.15. The average molecular weight is 546 g/mol. The minimum atomic E-state index is -2.95. The van der Waals surface area contributed by atoms with E-state index < -0.39 is 18.4 Å². The Morgan fingerprint density at radius 1 is 0.938 bits per heavy atom. The molecule has 3 atom stereocenters. The van der Waals surface area contributed by atoms with E-state index in [0.717, 1.165) is 18.4 Å². The summed E-state index contributed by atoms with van der Waals surface area (Å²) in [6.07, 6.45) is 10.1.